The number of carbonyl (C=O) groups excluding carboxylic acids is 1. The van der Waals surface area contributed by atoms with E-state index in [0.29, 0.717) is 28.4 Å². The summed E-state index contributed by atoms with van der Waals surface area (Å²) in [5.41, 5.74) is 9.76. The molecule has 8 nitrogen and oxygen atoms in total. The predicted octanol–water partition coefficient (Wildman–Crippen LogP) is 4.02. The van der Waals surface area contributed by atoms with Gasteiger partial charge in [0.2, 0.25) is 0 Å². The van der Waals surface area contributed by atoms with Crippen LogP contribution in [0.15, 0.2) is 42.7 Å². The number of carboxylic acid groups (broad SMARTS) is 1. The Bertz CT molecular complexity index is 1160. The average molecular weight is 422 g/mol. The molecule has 1 heterocycles. The first-order valence-corrected chi connectivity index (χ1v) is 9.69. The first-order chi connectivity index (χ1) is 14.5. The van der Waals surface area contributed by atoms with E-state index in [1.807, 2.05) is 19.1 Å². The molecule has 0 unspecified atom stereocenters. The number of nitrogens with two attached hydrogens (primary N) is 1. The maximum atomic E-state index is 13.0. The molecule has 0 atom stereocenters. The Hall–Kier alpha value is -3.81. The van der Waals surface area contributed by atoms with E-state index in [9.17, 15) is 9.59 Å². The molecule has 8 heteroatoms. The molecule has 3 rings (SSSR count). The number of hydrogen-bond acceptors (Lipinski definition) is 5. The van der Waals surface area contributed by atoms with Crippen LogP contribution < -0.4 is 15.8 Å². The molecule has 0 aliphatic heterocycles. The molecule has 0 saturated carbocycles. The Kier molecular flexibility index (Phi) is 5.75. The van der Waals surface area contributed by atoms with Crippen molar-refractivity contribution in [3.8, 4) is 11.4 Å². The van der Waals surface area contributed by atoms with Crippen LogP contribution in [0.1, 0.15) is 52.6 Å². The van der Waals surface area contributed by atoms with Gasteiger partial charge in [-0.15, -0.1) is 0 Å². The third-order valence-electron chi connectivity index (χ3n) is 4.98. The smallest absolute Gasteiger partial charge is 0.338 e. The van der Waals surface area contributed by atoms with Crippen LogP contribution in [0.3, 0.4) is 0 Å². The van der Waals surface area contributed by atoms with Gasteiger partial charge in [0.25, 0.3) is 5.91 Å². The molecule has 4 N–H and O–H groups in total. The van der Waals surface area contributed by atoms with E-state index in [4.69, 9.17) is 15.6 Å². The molecule has 1 aromatic heterocycles. The van der Waals surface area contributed by atoms with Gasteiger partial charge >= 0.3 is 5.97 Å². The van der Waals surface area contributed by atoms with Crippen LogP contribution >= 0.6 is 0 Å². The Balaban J connectivity index is 1.97. The number of nitrogen functional groups attached to an aromatic ring is 1. The van der Waals surface area contributed by atoms with Crippen LogP contribution in [0.25, 0.3) is 5.69 Å². The van der Waals surface area contributed by atoms with Crippen LogP contribution in [0.2, 0.25) is 0 Å². The lowest BCUT2D eigenvalue weighted by Gasteiger charge is -2.22. The highest BCUT2D eigenvalue weighted by Crippen LogP contribution is 2.37. The highest BCUT2D eigenvalue weighted by atomic mass is 16.5. The zero-order chi connectivity index (χ0) is 22.9. The van der Waals surface area contributed by atoms with Crippen LogP contribution in [-0.2, 0) is 5.41 Å². The lowest BCUT2D eigenvalue weighted by Crippen LogP contribution is -2.17. The van der Waals surface area contributed by atoms with Crippen molar-refractivity contribution in [1.82, 2.24) is 9.78 Å². The number of hydrogen-bond donors (Lipinski definition) is 3. The van der Waals surface area contributed by atoms with Crippen LogP contribution in [0.5, 0.6) is 5.75 Å². The third kappa shape index (κ3) is 4.53. The minimum Gasteiger partial charge on any atom is -0.492 e. The molecular formula is C23H26N4O4. The standard InChI is InChI=1S/C23H26N4O4/c1-13-6-7-14(8-19(13)27-12-15(11-25-27)22(29)30)21(28)26-18-10-16(23(2,3)4)9-17(24)20(18)31-5/h6-12H,24H2,1-5H3,(H,26,28)(H,29,30). The lowest BCUT2D eigenvalue weighted by atomic mass is 9.86. The van der Waals surface area contributed by atoms with Crippen molar-refractivity contribution in [3.05, 3.63) is 65.0 Å². The SMILES string of the molecule is COc1c(N)cc(C(C)(C)C)cc1NC(=O)c1ccc(C)c(-n2cc(C(=O)O)cn2)c1. The molecule has 0 spiro atoms. The van der Waals surface area contributed by atoms with Crippen molar-refractivity contribution in [1.29, 1.82) is 0 Å². The van der Waals surface area contributed by atoms with Crippen molar-refractivity contribution in [3.63, 3.8) is 0 Å². The monoisotopic (exact) mass is 422 g/mol. The number of carboxylic acids is 1. The second kappa shape index (κ2) is 8.14. The first kappa shape index (κ1) is 21.9. The van der Waals surface area contributed by atoms with E-state index in [-0.39, 0.29) is 16.9 Å². The van der Waals surface area contributed by atoms with Gasteiger partial charge < -0.3 is 20.9 Å². The maximum Gasteiger partial charge on any atom is 0.338 e. The maximum absolute atomic E-state index is 13.0. The Labute approximate surface area is 180 Å². The summed E-state index contributed by atoms with van der Waals surface area (Å²) in [4.78, 5) is 24.2. The first-order valence-electron chi connectivity index (χ1n) is 9.69. The topological polar surface area (TPSA) is 119 Å². The summed E-state index contributed by atoms with van der Waals surface area (Å²) < 4.78 is 6.85. The molecule has 0 aliphatic rings. The van der Waals surface area contributed by atoms with Crippen molar-refractivity contribution >= 4 is 23.3 Å². The molecule has 0 fully saturated rings. The van der Waals surface area contributed by atoms with Gasteiger partial charge in [-0.2, -0.15) is 5.10 Å². The molecule has 0 aliphatic carbocycles. The largest absolute Gasteiger partial charge is 0.492 e. The van der Waals surface area contributed by atoms with E-state index < -0.39 is 5.97 Å². The van der Waals surface area contributed by atoms with Gasteiger partial charge in [0.1, 0.15) is 0 Å². The van der Waals surface area contributed by atoms with Gasteiger partial charge in [-0.25, -0.2) is 9.48 Å². The third-order valence-corrected chi connectivity index (χ3v) is 4.98. The van der Waals surface area contributed by atoms with E-state index in [1.165, 1.54) is 24.2 Å². The molecule has 1 amide bonds. The number of carbonyl (C=O) groups is 2. The van der Waals surface area contributed by atoms with Gasteiger partial charge in [0.15, 0.2) is 5.75 Å². The lowest BCUT2D eigenvalue weighted by molar-refractivity contribution is 0.0696. The molecule has 31 heavy (non-hydrogen) atoms. The number of nitrogens with zero attached hydrogens (tertiary/aromatic N) is 2. The normalized spacial score (nSPS) is 11.3. The second-order valence-corrected chi connectivity index (χ2v) is 8.33. The molecule has 0 radical (unpaired) electrons. The number of amides is 1. The zero-order valence-corrected chi connectivity index (χ0v) is 18.2. The van der Waals surface area contributed by atoms with Gasteiger partial charge in [0, 0.05) is 11.8 Å². The molecule has 0 saturated heterocycles. The van der Waals surface area contributed by atoms with Crippen LogP contribution in [0.4, 0.5) is 11.4 Å². The summed E-state index contributed by atoms with van der Waals surface area (Å²) in [5, 5.41) is 16.1. The fraction of sp³-hybridized carbons (Fsp3) is 0.261. The van der Waals surface area contributed by atoms with E-state index in [1.54, 1.807) is 18.2 Å². The number of benzene rings is 2. The highest BCUT2D eigenvalue weighted by Gasteiger charge is 2.20. The van der Waals surface area contributed by atoms with E-state index >= 15 is 0 Å². The summed E-state index contributed by atoms with van der Waals surface area (Å²) in [5.74, 6) is -1.02. The summed E-state index contributed by atoms with van der Waals surface area (Å²) in [7, 11) is 1.50. The highest BCUT2D eigenvalue weighted by molar-refractivity contribution is 6.06. The second-order valence-electron chi connectivity index (χ2n) is 8.33. The molecular weight excluding hydrogens is 396 g/mol. The van der Waals surface area contributed by atoms with Crippen molar-refractivity contribution in [2.24, 2.45) is 0 Å². The number of aryl methyl sites for hydroxylation is 1. The predicted molar refractivity (Wildman–Crippen MR) is 119 cm³/mol. The van der Waals surface area contributed by atoms with E-state index in [2.05, 4.69) is 31.2 Å². The fourth-order valence-electron chi connectivity index (χ4n) is 3.16. The fourth-order valence-corrected chi connectivity index (χ4v) is 3.16. The minimum atomic E-state index is -1.07. The minimum absolute atomic E-state index is 0.0634. The van der Waals surface area contributed by atoms with Gasteiger partial charge in [-0.3, -0.25) is 4.79 Å². The number of nitrogens with one attached hydrogen (secondary N) is 1. The summed E-state index contributed by atoms with van der Waals surface area (Å²) in [6.07, 6.45) is 2.67. The van der Waals surface area contributed by atoms with Gasteiger partial charge in [0.05, 0.1) is 35.9 Å². The van der Waals surface area contributed by atoms with Crippen LogP contribution in [-0.4, -0.2) is 33.9 Å². The molecule has 3 aromatic rings. The van der Waals surface area contributed by atoms with Crippen molar-refractivity contribution < 1.29 is 19.4 Å². The van der Waals surface area contributed by atoms with Gasteiger partial charge in [-0.1, -0.05) is 26.8 Å². The summed E-state index contributed by atoms with van der Waals surface area (Å²) in [6, 6.07) is 8.83. The van der Waals surface area contributed by atoms with E-state index in [0.717, 1.165) is 11.1 Å². The van der Waals surface area contributed by atoms with Gasteiger partial charge in [-0.05, 0) is 47.7 Å². The number of rotatable bonds is 5. The van der Waals surface area contributed by atoms with Crippen LogP contribution in [0, 0.1) is 6.92 Å². The summed E-state index contributed by atoms with van der Waals surface area (Å²) >= 11 is 0. The number of methoxy groups -OCH3 is 1. The quantitative estimate of drug-likeness (QED) is 0.534. The summed E-state index contributed by atoms with van der Waals surface area (Å²) in [6.45, 7) is 8.03. The number of ether oxygens (including phenoxy) is 1. The molecule has 0 bridgehead atoms. The Morgan fingerprint density at radius 1 is 1.16 bits per heavy atom. The Morgan fingerprint density at radius 3 is 2.45 bits per heavy atom. The zero-order valence-electron chi connectivity index (χ0n) is 18.2. The number of anilines is 2. The average Bonchev–Trinajstić information content (AvgIpc) is 3.17. The molecule has 2 aromatic carbocycles. The molecule has 162 valence electrons. The Morgan fingerprint density at radius 2 is 1.87 bits per heavy atom. The van der Waals surface area contributed by atoms with Crippen molar-refractivity contribution in [2.75, 3.05) is 18.2 Å². The number of aromatic carboxylic acids is 1. The number of aromatic nitrogens is 2. The van der Waals surface area contributed by atoms with Crippen molar-refractivity contribution in [2.45, 2.75) is 33.1 Å².